The number of pyridine rings is 1. The molecule has 1 aliphatic rings. The van der Waals surface area contributed by atoms with Gasteiger partial charge in [-0.1, -0.05) is 0 Å². The fourth-order valence-corrected chi connectivity index (χ4v) is 2.85. The zero-order valence-electron chi connectivity index (χ0n) is 14.0. The molecule has 8 heteroatoms. The average Bonchev–Trinajstić information content (AvgIpc) is 2.39. The summed E-state index contributed by atoms with van der Waals surface area (Å²) in [6.07, 6.45) is 0.0773. The van der Waals surface area contributed by atoms with Crippen LogP contribution in [0.5, 0.6) is 0 Å². The van der Waals surface area contributed by atoms with Crippen molar-refractivity contribution in [1.29, 1.82) is 5.26 Å². The predicted octanol–water partition coefficient (Wildman–Crippen LogP) is 2.97. The van der Waals surface area contributed by atoms with Gasteiger partial charge >= 0.3 is 6.09 Å². The first kappa shape index (κ1) is 18.2. The lowest BCUT2D eigenvalue weighted by Crippen LogP contribution is -2.57. The number of nitrogens with zero attached hydrogens (tertiary/aromatic N) is 3. The molecule has 1 aromatic rings. The number of nitriles is 1. The van der Waals surface area contributed by atoms with E-state index >= 15 is 0 Å². The van der Waals surface area contributed by atoms with Crippen molar-refractivity contribution in [2.75, 3.05) is 11.9 Å². The Morgan fingerprint density at radius 3 is 2.62 bits per heavy atom. The smallest absolute Gasteiger partial charge is 0.410 e. The molecule has 0 bridgehead atoms. The first-order valence-corrected chi connectivity index (χ1v) is 8.29. The first-order valence-electron chi connectivity index (χ1n) is 7.50. The van der Waals surface area contributed by atoms with Gasteiger partial charge in [-0.3, -0.25) is 9.69 Å². The van der Waals surface area contributed by atoms with E-state index in [9.17, 15) is 9.59 Å². The summed E-state index contributed by atoms with van der Waals surface area (Å²) in [5.41, 5.74) is 0.675. The minimum Gasteiger partial charge on any atom is -0.444 e. The highest BCUT2D eigenvalue weighted by Gasteiger charge is 2.40. The number of rotatable bonds is 2. The SMILES string of the molecule is Cc1nc(C#N)cc(Br)c1NC(=O)[C@@H]1CCN1C(=O)OC(C)(C)C. The third kappa shape index (κ3) is 4.03. The maximum atomic E-state index is 12.5. The quantitative estimate of drug-likeness (QED) is 0.831. The summed E-state index contributed by atoms with van der Waals surface area (Å²) in [5.74, 6) is -0.303. The lowest BCUT2D eigenvalue weighted by Gasteiger charge is -2.40. The molecule has 1 N–H and O–H groups in total. The number of aryl methyl sites for hydroxylation is 1. The van der Waals surface area contributed by atoms with Crippen molar-refractivity contribution < 1.29 is 14.3 Å². The van der Waals surface area contributed by atoms with Crippen molar-refractivity contribution >= 4 is 33.6 Å². The summed E-state index contributed by atoms with van der Waals surface area (Å²) in [6.45, 7) is 7.53. The lowest BCUT2D eigenvalue weighted by atomic mass is 10.0. The molecule has 2 heterocycles. The Morgan fingerprint density at radius 2 is 2.17 bits per heavy atom. The summed E-state index contributed by atoms with van der Waals surface area (Å²) in [6, 6.07) is 2.92. The van der Waals surface area contributed by atoms with Crippen LogP contribution in [-0.2, 0) is 9.53 Å². The van der Waals surface area contributed by atoms with Gasteiger partial charge in [0, 0.05) is 11.0 Å². The van der Waals surface area contributed by atoms with Gasteiger partial charge in [0.15, 0.2) is 0 Å². The summed E-state index contributed by atoms with van der Waals surface area (Å²) in [4.78, 5) is 30.1. The minimum absolute atomic E-state index is 0.261. The standard InChI is InChI=1S/C16H19BrN4O3/c1-9-13(11(17)7-10(8-18)19-9)20-14(22)12-5-6-21(12)15(23)24-16(2,3)4/h7,12H,5-6H2,1-4H3,(H,20,22)/t12-/m0/s1. The number of carbonyl (C=O) groups excluding carboxylic acids is 2. The van der Waals surface area contributed by atoms with Gasteiger partial charge in [-0.15, -0.1) is 0 Å². The van der Waals surface area contributed by atoms with Crippen molar-refractivity contribution in [2.45, 2.75) is 45.8 Å². The molecule has 128 valence electrons. The second-order valence-corrected chi connectivity index (χ2v) is 7.38. The molecule has 7 nitrogen and oxygen atoms in total. The number of ether oxygens (including phenoxy) is 1. The fraction of sp³-hybridized carbons (Fsp3) is 0.500. The molecule has 0 aromatic carbocycles. The van der Waals surface area contributed by atoms with E-state index in [-0.39, 0.29) is 11.6 Å². The zero-order chi connectivity index (χ0) is 18.1. The molecular weight excluding hydrogens is 376 g/mol. The van der Waals surface area contributed by atoms with Crippen LogP contribution in [0.1, 0.15) is 38.6 Å². The van der Waals surface area contributed by atoms with Crippen LogP contribution in [0, 0.1) is 18.3 Å². The molecule has 1 atom stereocenters. The van der Waals surface area contributed by atoms with Crippen LogP contribution < -0.4 is 5.32 Å². The molecule has 0 radical (unpaired) electrons. The molecule has 2 amide bonds. The number of hydrogen-bond acceptors (Lipinski definition) is 5. The zero-order valence-corrected chi connectivity index (χ0v) is 15.6. The van der Waals surface area contributed by atoms with E-state index in [2.05, 4.69) is 26.2 Å². The van der Waals surface area contributed by atoms with E-state index in [4.69, 9.17) is 10.00 Å². The number of aromatic nitrogens is 1. The number of amides is 2. The van der Waals surface area contributed by atoms with Gasteiger partial charge in [-0.2, -0.15) is 5.26 Å². The molecule has 24 heavy (non-hydrogen) atoms. The van der Waals surface area contributed by atoms with Gasteiger partial charge in [0.1, 0.15) is 23.4 Å². The molecule has 1 saturated heterocycles. The van der Waals surface area contributed by atoms with Gasteiger partial charge in [0.05, 0.1) is 11.4 Å². The molecular formula is C16H19BrN4O3. The predicted molar refractivity (Wildman–Crippen MR) is 91.4 cm³/mol. The third-order valence-corrected chi connectivity index (χ3v) is 4.09. The highest BCUT2D eigenvalue weighted by atomic mass is 79.9. The number of likely N-dealkylation sites (tertiary alicyclic amines) is 1. The lowest BCUT2D eigenvalue weighted by molar-refractivity contribution is -0.125. The van der Waals surface area contributed by atoms with Crippen LogP contribution in [0.3, 0.4) is 0 Å². The van der Waals surface area contributed by atoms with Crippen LogP contribution in [0.15, 0.2) is 10.5 Å². The van der Waals surface area contributed by atoms with E-state index < -0.39 is 17.7 Å². The average molecular weight is 395 g/mol. The molecule has 0 unspecified atom stereocenters. The molecule has 1 aliphatic heterocycles. The van der Waals surface area contributed by atoms with Gasteiger partial charge in [0.25, 0.3) is 0 Å². The highest BCUT2D eigenvalue weighted by Crippen LogP contribution is 2.28. The fourth-order valence-electron chi connectivity index (χ4n) is 2.25. The van der Waals surface area contributed by atoms with Crippen molar-refractivity contribution in [3.05, 3.63) is 21.9 Å². The van der Waals surface area contributed by atoms with E-state index in [0.29, 0.717) is 28.8 Å². The number of anilines is 1. The topological polar surface area (TPSA) is 95.3 Å². The summed E-state index contributed by atoms with van der Waals surface area (Å²) < 4.78 is 5.87. The molecule has 0 spiro atoms. The second kappa shape index (κ2) is 6.77. The van der Waals surface area contributed by atoms with Crippen LogP contribution in [0.25, 0.3) is 0 Å². The van der Waals surface area contributed by atoms with Gasteiger partial charge in [-0.25, -0.2) is 9.78 Å². The van der Waals surface area contributed by atoms with Crippen LogP contribution in [-0.4, -0.2) is 40.1 Å². The van der Waals surface area contributed by atoms with E-state index in [0.717, 1.165) is 0 Å². The molecule has 0 saturated carbocycles. The first-order chi connectivity index (χ1) is 11.1. The van der Waals surface area contributed by atoms with Crippen LogP contribution in [0.4, 0.5) is 10.5 Å². The second-order valence-electron chi connectivity index (χ2n) is 6.53. The molecule has 1 aromatic heterocycles. The summed E-state index contributed by atoms with van der Waals surface area (Å²) in [5, 5.41) is 11.7. The molecule has 2 rings (SSSR count). The van der Waals surface area contributed by atoms with Crippen LogP contribution >= 0.6 is 15.9 Å². The van der Waals surface area contributed by atoms with E-state index in [1.165, 1.54) is 11.0 Å². The minimum atomic E-state index is -0.607. The van der Waals surface area contributed by atoms with E-state index in [1.807, 2.05) is 6.07 Å². The Balaban J connectivity index is 2.09. The number of nitrogens with one attached hydrogen (secondary N) is 1. The van der Waals surface area contributed by atoms with Crippen LogP contribution in [0.2, 0.25) is 0 Å². The summed E-state index contributed by atoms with van der Waals surface area (Å²) >= 11 is 3.33. The van der Waals surface area contributed by atoms with Gasteiger partial charge in [-0.05, 0) is 56.1 Å². The Hall–Kier alpha value is -2.14. The highest BCUT2D eigenvalue weighted by molar-refractivity contribution is 9.10. The third-order valence-electron chi connectivity index (χ3n) is 3.47. The van der Waals surface area contributed by atoms with Gasteiger partial charge in [0.2, 0.25) is 5.91 Å². The van der Waals surface area contributed by atoms with Crippen molar-refractivity contribution in [3.8, 4) is 6.07 Å². The number of carbonyl (C=O) groups is 2. The Morgan fingerprint density at radius 1 is 1.50 bits per heavy atom. The normalized spacial score (nSPS) is 16.8. The number of halogens is 1. The maximum absolute atomic E-state index is 12.5. The summed E-state index contributed by atoms with van der Waals surface area (Å²) in [7, 11) is 0. The maximum Gasteiger partial charge on any atom is 0.410 e. The molecule has 0 aliphatic carbocycles. The number of hydrogen-bond donors (Lipinski definition) is 1. The Labute approximate surface area is 149 Å². The van der Waals surface area contributed by atoms with E-state index in [1.54, 1.807) is 27.7 Å². The molecule has 1 fully saturated rings. The largest absolute Gasteiger partial charge is 0.444 e. The Kier molecular flexibility index (Phi) is 5.13. The monoisotopic (exact) mass is 394 g/mol. The van der Waals surface area contributed by atoms with Crippen molar-refractivity contribution in [2.24, 2.45) is 0 Å². The van der Waals surface area contributed by atoms with Gasteiger partial charge < -0.3 is 10.1 Å². The van der Waals surface area contributed by atoms with Crippen molar-refractivity contribution in [3.63, 3.8) is 0 Å². The van der Waals surface area contributed by atoms with Crippen molar-refractivity contribution in [1.82, 2.24) is 9.88 Å². The Bertz CT molecular complexity index is 698.